The zero-order valence-electron chi connectivity index (χ0n) is 9.84. The van der Waals surface area contributed by atoms with Crippen LogP contribution in [0, 0.1) is 27.0 Å². The Morgan fingerprint density at radius 3 is 1.31 bits per heavy atom. The minimum absolute atomic E-state index is 0. The molecule has 0 aromatic carbocycles. The standard InChI is InChI=1S/2C5H5.2CH3.2ClH.H2Si.Zr/c2*1-2-4-5-3-1;;;;;;/h2*1-3H,4H2;2*1H3;2*1H;1H2;/q4*-1;;;;+2/p-2. The van der Waals surface area contributed by atoms with Gasteiger partial charge in [0, 0.05) is 0 Å². The third-order valence-electron chi connectivity index (χ3n) is 1.17. The van der Waals surface area contributed by atoms with Crippen LogP contribution >= 0.6 is 17.0 Å². The second kappa shape index (κ2) is 18.0. The zero-order valence-corrected chi connectivity index (χ0v) is 15.2. The molecular weight excluding hydrogens is 334 g/mol. The molecule has 16 heavy (non-hydrogen) atoms. The number of hydrogen-bond acceptors (Lipinski definition) is 0. The molecule has 0 amide bonds. The average molecular weight is 352 g/mol. The molecule has 2 rings (SSSR count). The van der Waals surface area contributed by atoms with Crippen LogP contribution in [0.4, 0.5) is 0 Å². The molecule has 0 aliphatic heterocycles. The van der Waals surface area contributed by atoms with Gasteiger partial charge in [-0.15, -0.1) is 12.8 Å². The fourth-order valence-electron chi connectivity index (χ4n) is 0.680. The van der Waals surface area contributed by atoms with E-state index in [1.54, 1.807) is 6.88 Å². The van der Waals surface area contributed by atoms with Gasteiger partial charge in [-0.3, -0.25) is 12.2 Å². The molecular formula is C12H18Cl2SiZr-4. The van der Waals surface area contributed by atoms with Gasteiger partial charge in [0.2, 0.25) is 0 Å². The van der Waals surface area contributed by atoms with Gasteiger partial charge in [0.15, 0.2) is 0 Å². The van der Waals surface area contributed by atoms with Crippen LogP contribution in [0.5, 0.6) is 0 Å². The van der Waals surface area contributed by atoms with Gasteiger partial charge >= 0.3 is 41.9 Å². The van der Waals surface area contributed by atoms with Crippen molar-refractivity contribution < 1.29 is 18.0 Å². The fourth-order valence-corrected chi connectivity index (χ4v) is 0.680. The molecule has 0 unspecified atom stereocenters. The Bertz CT molecular complexity index is 222. The van der Waals surface area contributed by atoms with E-state index in [0.29, 0.717) is 0 Å². The molecule has 0 spiro atoms. The summed E-state index contributed by atoms with van der Waals surface area (Å²) in [4.78, 5) is 0. The third kappa shape index (κ3) is 24.1. The van der Waals surface area contributed by atoms with Crippen LogP contribution in [-0.2, 0) is 18.0 Å². The van der Waals surface area contributed by atoms with Crippen molar-refractivity contribution in [3.63, 3.8) is 0 Å². The maximum atomic E-state index is 5.25. The zero-order chi connectivity index (χ0) is 10.6. The minimum atomic E-state index is -1.57. The molecule has 0 aromatic heterocycles. The van der Waals surface area contributed by atoms with Crippen molar-refractivity contribution in [2.75, 3.05) is 0 Å². The summed E-state index contributed by atoms with van der Waals surface area (Å²) in [7, 11) is 10.5. The second-order valence-electron chi connectivity index (χ2n) is 2.34. The molecule has 2 aliphatic carbocycles. The van der Waals surface area contributed by atoms with Crippen LogP contribution in [0.25, 0.3) is 0 Å². The Hall–Kier alpha value is 0.640. The van der Waals surface area contributed by atoms with Gasteiger partial charge in [0.05, 0.1) is 0 Å². The summed E-state index contributed by atoms with van der Waals surface area (Å²) in [6.07, 6.45) is 20.0. The van der Waals surface area contributed by atoms with E-state index >= 15 is 0 Å². The van der Waals surface area contributed by atoms with Crippen molar-refractivity contribution in [3.8, 4) is 0 Å². The second-order valence-corrected chi connectivity index (χ2v) is 20.0. The molecule has 92 valence electrons. The van der Waals surface area contributed by atoms with Crippen LogP contribution in [0.15, 0.2) is 36.5 Å². The van der Waals surface area contributed by atoms with Crippen molar-refractivity contribution in [1.82, 2.24) is 0 Å². The van der Waals surface area contributed by atoms with Gasteiger partial charge < -0.3 is 14.9 Å². The van der Waals surface area contributed by atoms with E-state index in [0.717, 1.165) is 12.8 Å². The van der Waals surface area contributed by atoms with E-state index in [1.807, 2.05) is 24.3 Å². The summed E-state index contributed by atoms with van der Waals surface area (Å²) in [6, 6.07) is 0. The number of rotatable bonds is 0. The van der Waals surface area contributed by atoms with E-state index in [4.69, 9.17) is 17.0 Å². The Morgan fingerprint density at radius 2 is 1.25 bits per heavy atom. The molecule has 0 atom stereocenters. The Balaban J connectivity index is -0.000000151. The quantitative estimate of drug-likeness (QED) is 0.457. The van der Waals surface area contributed by atoms with Crippen molar-refractivity contribution in [2.24, 2.45) is 0 Å². The van der Waals surface area contributed by atoms with Gasteiger partial charge in [-0.1, -0.05) is 0 Å². The van der Waals surface area contributed by atoms with Gasteiger partial charge in [-0.2, -0.15) is 12.2 Å². The Labute approximate surface area is 117 Å². The first-order valence-electron chi connectivity index (χ1n) is 4.17. The van der Waals surface area contributed by atoms with E-state index in [-0.39, 0.29) is 14.9 Å². The first kappa shape index (κ1) is 21.9. The predicted molar refractivity (Wildman–Crippen MR) is 76.2 cm³/mol. The summed E-state index contributed by atoms with van der Waals surface area (Å²) < 4.78 is 0. The Kier molecular flexibility index (Phi) is 24.6. The number of halogens is 2. The summed E-state index contributed by atoms with van der Waals surface area (Å²) in [5, 5.41) is 0. The third-order valence-corrected chi connectivity index (χ3v) is 1.17. The van der Waals surface area contributed by atoms with Crippen LogP contribution in [0.2, 0.25) is 0 Å². The van der Waals surface area contributed by atoms with Gasteiger partial charge in [0.25, 0.3) is 0 Å². The molecule has 4 heteroatoms. The van der Waals surface area contributed by atoms with Crippen molar-refractivity contribution in [1.29, 1.82) is 0 Å². The summed E-state index contributed by atoms with van der Waals surface area (Å²) >= 11 is -1.57. The molecule has 0 saturated carbocycles. The van der Waals surface area contributed by atoms with Crippen LogP contribution in [0.1, 0.15) is 12.8 Å². The van der Waals surface area contributed by atoms with E-state index in [9.17, 15) is 0 Å². The molecule has 0 aromatic rings. The topological polar surface area (TPSA) is 0 Å². The predicted octanol–water partition coefficient (Wildman–Crippen LogP) is 3.97. The van der Waals surface area contributed by atoms with Gasteiger partial charge in [0.1, 0.15) is 0 Å². The first-order chi connectivity index (χ1) is 6.73. The van der Waals surface area contributed by atoms with Crippen LogP contribution < -0.4 is 0 Å². The maximum absolute atomic E-state index is 5.25. The molecule has 0 N–H and O–H groups in total. The summed E-state index contributed by atoms with van der Waals surface area (Å²) in [5.41, 5.74) is 0. The molecule has 2 aliphatic rings. The molecule has 0 fully saturated rings. The molecule has 0 nitrogen and oxygen atoms in total. The number of allylic oxidation sites excluding steroid dienone is 8. The molecule has 0 bridgehead atoms. The van der Waals surface area contributed by atoms with Gasteiger partial charge in [-0.25, -0.2) is 24.3 Å². The monoisotopic (exact) mass is 350 g/mol. The number of hydrogen-bond donors (Lipinski definition) is 0. The first-order valence-corrected chi connectivity index (χ1v) is 16.4. The molecule has 0 saturated heterocycles. The van der Waals surface area contributed by atoms with E-state index < -0.39 is 18.0 Å². The summed E-state index contributed by atoms with van der Waals surface area (Å²) in [5.74, 6) is 0. The van der Waals surface area contributed by atoms with Crippen LogP contribution in [-0.4, -0.2) is 6.88 Å². The van der Waals surface area contributed by atoms with Crippen molar-refractivity contribution in [3.05, 3.63) is 63.5 Å². The SMILES string of the molecule is [C-]1=CC=CC1.[C-]1=CC=CC1.[CH3-].[CH3-].[SiH2]=[Zr]([Cl])[Cl]. The van der Waals surface area contributed by atoms with Crippen molar-refractivity contribution >= 4 is 23.9 Å². The van der Waals surface area contributed by atoms with Crippen LogP contribution in [0.3, 0.4) is 0 Å². The van der Waals surface area contributed by atoms with E-state index in [1.165, 1.54) is 0 Å². The molecule has 0 heterocycles. The van der Waals surface area contributed by atoms with Crippen molar-refractivity contribution in [2.45, 2.75) is 12.8 Å². The van der Waals surface area contributed by atoms with E-state index in [2.05, 4.69) is 24.3 Å². The fraction of sp³-hybridized carbons (Fsp3) is 0.167. The molecule has 0 radical (unpaired) electrons. The summed E-state index contributed by atoms with van der Waals surface area (Å²) in [6.45, 7) is 1.73. The normalized spacial score (nSPS) is 12.6. The van der Waals surface area contributed by atoms with Gasteiger partial charge in [-0.05, 0) is 0 Å². The average Bonchev–Trinajstić information content (AvgIpc) is 2.83. The Morgan fingerprint density at radius 1 is 0.938 bits per heavy atom.